The summed E-state index contributed by atoms with van der Waals surface area (Å²) in [6, 6.07) is 13.5. The number of nitrogens with zero attached hydrogens (tertiary/aromatic N) is 2. The largest absolute Gasteiger partial charge is 0.460 e. The van der Waals surface area contributed by atoms with Crippen LogP contribution in [0.2, 0.25) is 0 Å². The highest BCUT2D eigenvalue weighted by molar-refractivity contribution is 5.78. The van der Waals surface area contributed by atoms with E-state index >= 15 is 0 Å². The van der Waals surface area contributed by atoms with Crippen molar-refractivity contribution < 1.29 is 18.7 Å². The van der Waals surface area contributed by atoms with Gasteiger partial charge in [0, 0.05) is 23.4 Å². The van der Waals surface area contributed by atoms with Gasteiger partial charge >= 0.3 is 5.97 Å². The maximum absolute atomic E-state index is 14.2. The highest BCUT2D eigenvalue weighted by Gasteiger charge is 2.39. The van der Waals surface area contributed by atoms with Crippen molar-refractivity contribution in [2.45, 2.75) is 51.6 Å². The van der Waals surface area contributed by atoms with Crippen molar-refractivity contribution in [3.63, 3.8) is 0 Å². The fourth-order valence-electron chi connectivity index (χ4n) is 3.49. The number of esters is 1. The molecule has 0 aliphatic heterocycles. The second-order valence-corrected chi connectivity index (χ2v) is 9.19. The summed E-state index contributed by atoms with van der Waals surface area (Å²) in [6.45, 7) is 6.18. The van der Waals surface area contributed by atoms with E-state index in [0.717, 1.165) is 24.2 Å². The van der Waals surface area contributed by atoms with Crippen molar-refractivity contribution in [3.8, 4) is 11.5 Å². The third kappa shape index (κ3) is 5.31. The van der Waals surface area contributed by atoms with Crippen LogP contribution in [0.1, 0.15) is 56.5 Å². The summed E-state index contributed by atoms with van der Waals surface area (Å²) >= 11 is 0. The van der Waals surface area contributed by atoms with Crippen LogP contribution in [0.5, 0.6) is 11.5 Å². The first-order valence-corrected chi connectivity index (χ1v) is 10.8. The smallest absolute Gasteiger partial charge is 0.314 e. The van der Waals surface area contributed by atoms with E-state index in [2.05, 4.69) is 9.97 Å². The molecular weight excluding hydrogens is 407 g/mol. The zero-order valence-corrected chi connectivity index (χ0v) is 18.5. The molecule has 6 heteroatoms. The minimum absolute atomic E-state index is 0.0361. The van der Waals surface area contributed by atoms with Gasteiger partial charge in [-0.2, -0.15) is 0 Å². The van der Waals surface area contributed by atoms with Crippen LogP contribution in [-0.4, -0.2) is 15.9 Å². The Hall–Kier alpha value is -3.28. The van der Waals surface area contributed by atoms with Crippen molar-refractivity contribution in [2.24, 2.45) is 5.92 Å². The minimum atomic E-state index is -0.476. The lowest BCUT2D eigenvalue weighted by molar-refractivity contribution is -0.147. The van der Waals surface area contributed by atoms with E-state index < -0.39 is 5.82 Å². The van der Waals surface area contributed by atoms with E-state index in [1.54, 1.807) is 36.7 Å². The second kappa shape index (κ2) is 9.07. The third-order valence-electron chi connectivity index (χ3n) is 5.40. The second-order valence-electron chi connectivity index (χ2n) is 9.19. The Bertz CT molecular complexity index is 1070. The Morgan fingerprint density at radius 2 is 1.78 bits per heavy atom. The Morgan fingerprint density at radius 1 is 1.09 bits per heavy atom. The van der Waals surface area contributed by atoms with Gasteiger partial charge in [-0.3, -0.25) is 4.79 Å². The molecule has 1 atom stereocenters. The summed E-state index contributed by atoms with van der Waals surface area (Å²) in [6.07, 6.45) is 5.43. The van der Waals surface area contributed by atoms with Crippen LogP contribution < -0.4 is 4.74 Å². The first kappa shape index (κ1) is 21.9. The Kier molecular flexibility index (Phi) is 6.21. The lowest BCUT2D eigenvalue weighted by atomic mass is 9.94. The standard InChI is InChI=1S/C26H27FN2O3/c1-26(2,3)25-28-14-19(15-29-25)23(18-10-11-18)24(30)31-16-17-9-12-21(27)22(13-17)32-20-7-5-4-6-8-20/h4-9,12-15,18,23H,10-11,16H2,1-3H3. The minimum Gasteiger partial charge on any atom is -0.460 e. The molecule has 1 aliphatic rings. The topological polar surface area (TPSA) is 61.3 Å². The monoisotopic (exact) mass is 434 g/mol. The maximum Gasteiger partial charge on any atom is 0.314 e. The van der Waals surface area contributed by atoms with Crippen molar-refractivity contribution in [3.05, 3.63) is 83.7 Å². The van der Waals surface area contributed by atoms with E-state index in [1.165, 1.54) is 6.07 Å². The van der Waals surface area contributed by atoms with E-state index in [1.807, 2.05) is 39.0 Å². The van der Waals surface area contributed by atoms with E-state index in [4.69, 9.17) is 9.47 Å². The van der Waals surface area contributed by atoms with Gasteiger partial charge in [0.25, 0.3) is 0 Å². The van der Waals surface area contributed by atoms with E-state index in [9.17, 15) is 9.18 Å². The zero-order valence-electron chi connectivity index (χ0n) is 18.5. The van der Waals surface area contributed by atoms with Gasteiger partial charge in [-0.05, 0) is 48.6 Å². The Balaban J connectivity index is 1.44. The molecule has 0 spiro atoms. The van der Waals surface area contributed by atoms with Crippen LogP contribution in [0.25, 0.3) is 0 Å². The number of rotatable bonds is 7. The molecule has 0 N–H and O–H groups in total. The lowest BCUT2D eigenvalue weighted by Crippen LogP contribution is -2.20. The molecule has 0 radical (unpaired) electrons. The van der Waals surface area contributed by atoms with Crippen LogP contribution in [0.4, 0.5) is 4.39 Å². The Morgan fingerprint density at radius 3 is 2.41 bits per heavy atom. The van der Waals surface area contributed by atoms with Crippen molar-refractivity contribution >= 4 is 5.97 Å². The summed E-state index contributed by atoms with van der Waals surface area (Å²) in [5.74, 6) is 0.441. The number of para-hydroxylation sites is 1. The third-order valence-corrected chi connectivity index (χ3v) is 5.40. The molecule has 0 amide bonds. The lowest BCUT2D eigenvalue weighted by Gasteiger charge is -2.19. The molecule has 1 aromatic heterocycles. The molecule has 0 bridgehead atoms. The van der Waals surface area contributed by atoms with Gasteiger partial charge in [0.2, 0.25) is 0 Å². The van der Waals surface area contributed by atoms with Crippen LogP contribution in [0, 0.1) is 11.7 Å². The first-order valence-electron chi connectivity index (χ1n) is 10.8. The number of aromatic nitrogens is 2. The molecular formula is C26H27FN2O3. The van der Waals surface area contributed by atoms with Gasteiger partial charge in [0.15, 0.2) is 11.6 Å². The summed E-state index contributed by atoms with van der Waals surface area (Å²) in [5.41, 5.74) is 1.27. The molecule has 0 saturated heterocycles. The molecule has 1 saturated carbocycles. The number of hydrogen-bond acceptors (Lipinski definition) is 5. The maximum atomic E-state index is 14.2. The van der Waals surface area contributed by atoms with Crippen LogP contribution in [0.15, 0.2) is 60.9 Å². The molecule has 4 rings (SSSR count). The molecule has 166 valence electrons. The van der Waals surface area contributed by atoms with Crippen LogP contribution in [-0.2, 0) is 21.6 Å². The predicted octanol–water partition coefficient (Wildman–Crippen LogP) is 5.94. The molecule has 32 heavy (non-hydrogen) atoms. The Labute approximate surface area is 187 Å². The number of carbonyl (C=O) groups excluding carboxylic acids is 1. The summed E-state index contributed by atoms with van der Waals surface area (Å²) in [5, 5.41) is 0. The van der Waals surface area contributed by atoms with Crippen molar-refractivity contribution in [2.75, 3.05) is 0 Å². The zero-order chi connectivity index (χ0) is 22.7. The average Bonchev–Trinajstić information content (AvgIpc) is 3.60. The SMILES string of the molecule is CC(C)(C)c1ncc(C(C(=O)OCc2ccc(F)c(Oc3ccccc3)c2)C2CC2)cn1. The quantitative estimate of drug-likeness (QED) is 0.431. The van der Waals surface area contributed by atoms with Crippen molar-refractivity contribution in [1.29, 1.82) is 0 Å². The van der Waals surface area contributed by atoms with Crippen molar-refractivity contribution in [1.82, 2.24) is 9.97 Å². The van der Waals surface area contributed by atoms with Gasteiger partial charge in [-0.25, -0.2) is 14.4 Å². The van der Waals surface area contributed by atoms with Gasteiger partial charge < -0.3 is 9.47 Å². The number of halogens is 1. The summed E-state index contributed by atoms with van der Waals surface area (Å²) in [7, 11) is 0. The highest BCUT2D eigenvalue weighted by atomic mass is 19.1. The van der Waals surface area contributed by atoms with Gasteiger partial charge in [0.1, 0.15) is 18.2 Å². The molecule has 1 aliphatic carbocycles. The summed E-state index contributed by atoms with van der Waals surface area (Å²) in [4.78, 5) is 21.9. The first-order chi connectivity index (χ1) is 15.3. The van der Waals surface area contributed by atoms with E-state index in [-0.39, 0.29) is 35.6 Å². The normalized spacial score (nSPS) is 14.6. The predicted molar refractivity (Wildman–Crippen MR) is 119 cm³/mol. The highest BCUT2D eigenvalue weighted by Crippen LogP contribution is 2.43. The number of hydrogen-bond donors (Lipinski definition) is 0. The molecule has 1 fully saturated rings. The molecule has 2 aromatic carbocycles. The molecule has 3 aromatic rings. The number of ether oxygens (including phenoxy) is 2. The molecule has 1 heterocycles. The van der Waals surface area contributed by atoms with Crippen LogP contribution >= 0.6 is 0 Å². The van der Waals surface area contributed by atoms with E-state index in [0.29, 0.717) is 11.3 Å². The molecule has 1 unspecified atom stereocenters. The molecule has 5 nitrogen and oxygen atoms in total. The van der Waals surface area contributed by atoms with Crippen LogP contribution in [0.3, 0.4) is 0 Å². The van der Waals surface area contributed by atoms with Gasteiger partial charge in [-0.15, -0.1) is 0 Å². The fourth-order valence-corrected chi connectivity index (χ4v) is 3.49. The summed E-state index contributed by atoms with van der Waals surface area (Å²) < 4.78 is 25.4. The number of carbonyl (C=O) groups is 1. The number of benzene rings is 2. The average molecular weight is 435 g/mol. The van der Waals surface area contributed by atoms with Gasteiger partial charge in [-0.1, -0.05) is 45.0 Å². The fraction of sp³-hybridized carbons (Fsp3) is 0.346. The van der Waals surface area contributed by atoms with Gasteiger partial charge in [0.05, 0.1) is 5.92 Å².